The molecule has 23 heavy (non-hydrogen) atoms. The maximum absolute atomic E-state index is 12.5. The number of benzene rings is 2. The zero-order valence-electron chi connectivity index (χ0n) is 13.1. The van der Waals surface area contributed by atoms with Crippen molar-refractivity contribution in [3.05, 3.63) is 70.8 Å². The lowest BCUT2D eigenvalue weighted by atomic mass is 10.1. The van der Waals surface area contributed by atoms with Crippen molar-refractivity contribution in [1.29, 1.82) is 0 Å². The lowest BCUT2D eigenvalue weighted by molar-refractivity contribution is -0.117. The molecule has 0 N–H and O–H groups in total. The summed E-state index contributed by atoms with van der Waals surface area (Å²) in [5.41, 5.74) is 2.56. The van der Waals surface area contributed by atoms with Gasteiger partial charge < -0.3 is 0 Å². The van der Waals surface area contributed by atoms with Crippen molar-refractivity contribution in [2.45, 2.75) is 25.2 Å². The summed E-state index contributed by atoms with van der Waals surface area (Å²) in [6.07, 6.45) is 2.05. The lowest BCUT2D eigenvalue weighted by Crippen LogP contribution is -2.25. The molecule has 1 heterocycles. The van der Waals surface area contributed by atoms with Crippen molar-refractivity contribution in [2.24, 2.45) is 0 Å². The Balaban J connectivity index is 2.00. The third-order valence-corrected chi connectivity index (χ3v) is 4.76. The average molecular weight is 323 g/mol. The Labute approximate surface area is 140 Å². The first-order valence-corrected chi connectivity index (χ1v) is 8.34. The number of anilines is 1. The third-order valence-electron chi connectivity index (χ3n) is 3.67. The number of aryl methyl sites for hydroxylation is 1. The van der Waals surface area contributed by atoms with E-state index in [2.05, 4.69) is 0 Å². The molecule has 3 rings (SSSR count). The van der Waals surface area contributed by atoms with Gasteiger partial charge in [0.1, 0.15) is 0 Å². The highest BCUT2D eigenvalue weighted by Gasteiger charge is 2.27. The number of allylic oxidation sites excluding steroid dienone is 1. The quantitative estimate of drug-likeness (QED) is 0.777. The van der Waals surface area contributed by atoms with Crippen LogP contribution in [0, 0.1) is 6.92 Å². The Morgan fingerprint density at radius 1 is 1.17 bits per heavy atom. The Morgan fingerprint density at radius 2 is 1.96 bits per heavy atom. The molecular weight excluding hydrogens is 306 g/mol. The van der Waals surface area contributed by atoms with Crippen molar-refractivity contribution in [2.75, 3.05) is 4.90 Å². The number of hydrogen-bond acceptors (Lipinski definition) is 3. The van der Waals surface area contributed by atoms with Gasteiger partial charge in [-0.3, -0.25) is 14.5 Å². The molecule has 0 unspecified atom stereocenters. The largest absolute Gasteiger partial charge is 0.288 e. The fraction of sp³-hybridized carbons (Fsp3) is 0.158. The molecular formula is C19H17NO2S. The van der Waals surface area contributed by atoms with Crippen LogP contribution in [0.5, 0.6) is 0 Å². The maximum Gasteiger partial charge on any atom is 0.230 e. The molecule has 3 nitrogen and oxygen atoms in total. The molecule has 1 aliphatic rings. The highest BCUT2D eigenvalue weighted by Crippen LogP contribution is 2.40. The summed E-state index contributed by atoms with van der Waals surface area (Å²) in [5, 5.41) is 0. The van der Waals surface area contributed by atoms with Crippen LogP contribution in [-0.4, -0.2) is 11.7 Å². The van der Waals surface area contributed by atoms with Crippen LogP contribution >= 0.6 is 11.8 Å². The van der Waals surface area contributed by atoms with Crippen molar-refractivity contribution in [3.8, 4) is 0 Å². The Bertz CT molecular complexity index is 811. The molecule has 2 aromatic rings. The summed E-state index contributed by atoms with van der Waals surface area (Å²) in [6, 6.07) is 15.2. The van der Waals surface area contributed by atoms with E-state index in [-0.39, 0.29) is 11.7 Å². The summed E-state index contributed by atoms with van der Waals surface area (Å²) in [5.74, 6) is -0.0559. The first-order valence-electron chi connectivity index (χ1n) is 7.52. The first kappa shape index (κ1) is 15.6. The van der Waals surface area contributed by atoms with E-state index in [0.29, 0.717) is 16.9 Å². The van der Waals surface area contributed by atoms with Gasteiger partial charge in [0.15, 0.2) is 0 Å². The van der Waals surface area contributed by atoms with E-state index in [1.165, 1.54) is 11.8 Å². The number of nitrogens with zero attached hydrogens (tertiary/aromatic N) is 1. The number of rotatable bonds is 3. The van der Waals surface area contributed by atoms with Crippen LogP contribution in [0.2, 0.25) is 0 Å². The van der Waals surface area contributed by atoms with Crippen LogP contribution in [0.25, 0.3) is 0 Å². The summed E-state index contributed by atoms with van der Waals surface area (Å²) < 4.78 is 0. The standard InChI is InChI=1S/C19H17NO2S/c1-3-18(21)20(14-8-6-7-13(2)11-14)12-17-19(22)15-9-4-5-10-16(15)23-17/h4-12H,3H2,1-2H3. The Hall–Kier alpha value is -2.33. The number of thioether (sulfide) groups is 1. The van der Waals surface area contributed by atoms with E-state index < -0.39 is 0 Å². The van der Waals surface area contributed by atoms with Crippen LogP contribution in [-0.2, 0) is 4.79 Å². The molecule has 0 aliphatic carbocycles. The van der Waals surface area contributed by atoms with Crippen molar-refractivity contribution < 1.29 is 9.59 Å². The number of carbonyl (C=O) groups is 2. The van der Waals surface area contributed by atoms with Gasteiger partial charge in [0.25, 0.3) is 0 Å². The van der Waals surface area contributed by atoms with Gasteiger partial charge in [-0.25, -0.2) is 0 Å². The predicted octanol–water partition coefficient (Wildman–Crippen LogP) is 4.57. The van der Waals surface area contributed by atoms with Crippen LogP contribution in [0.3, 0.4) is 0 Å². The van der Waals surface area contributed by atoms with Gasteiger partial charge in [0.2, 0.25) is 11.7 Å². The van der Waals surface area contributed by atoms with Crippen LogP contribution in [0.15, 0.2) is 64.5 Å². The second-order valence-corrected chi connectivity index (χ2v) is 6.46. The lowest BCUT2D eigenvalue weighted by Gasteiger charge is -2.19. The molecule has 0 atom stereocenters. The molecule has 0 aromatic heterocycles. The second kappa shape index (κ2) is 6.42. The second-order valence-electron chi connectivity index (χ2n) is 5.38. The number of Topliss-reactive ketones (excluding diaryl/α,β-unsaturated/α-hetero) is 1. The minimum atomic E-state index is -0.0348. The molecule has 0 saturated carbocycles. The molecule has 0 saturated heterocycles. The summed E-state index contributed by atoms with van der Waals surface area (Å²) in [6.45, 7) is 3.80. The number of amides is 1. The zero-order chi connectivity index (χ0) is 16.4. The van der Waals surface area contributed by atoms with Gasteiger partial charge in [-0.05, 0) is 36.8 Å². The zero-order valence-corrected chi connectivity index (χ0v) is 13.9. The fourth-order valence-corrected chi connectivity index (χ4v) is 3.50. The minimum absolute atomic E-state index is 0.0212. The van der Waals surface area contributed by atoms with Gasteiger partial charge in [-0.15, -0.1) is 0 Å². The SMILES string of the molecule is CCC(=O)N(C=C1Sc2ccccc2C1=O)c1cccc(C)c1. The average Bonchev–Trinajstić information content (AvgIpc) is 2.88. The van der Waals surface area contributed by atoms with Crippen LogP contribution < -0.4 is 4.90 Å². The normalized spacial score (nSPS) is 14.9. The molecule has 116 valence electrons. The van der Waals surface area contributed by atoms with E-state index in [1.54, 1.807) is 11.1 Å². The molecule has 0 spiro atoms. The first-order chi connectivity index (χ1) is 11.1. The van der Waals surface area contributed by atoms with Gasteiger partial charge in [-0.2, -0.15) is 0 Å². The molecule has 0 bridgehead atoms. The van der Waals surface area contributed by atoms with Gasteiger partial charge in [0, 0.05) is 28.8 Å². The Morgan fingerprint density at radius 3 is 2.65 bits per heavy atom. The number of ketones is 1. The van der Waals surface area contributed by atoms with Gasteiger partial charge >= 0.3 is 0 Å². The molecule has 0 fully saturated rings. The van der Waals surface area contributed by atoms with E-state index in [4.69, 9.17) is 0 Å². The number of carbonyl (C=O) groups excluding carboxylic acids is 2. The van der Waals surface area contributed by atoms with Crippen molar-refractivity contribution in [1.82, 2.24) is 0 Å². The van der Waals surface area contributed by atoms with Crippen molar-refractivity contribution >= 4 is 29.1 Å². The molecule has 1 amide bonds. The fourth-order valence-electron chi connectivity index (χ4n) is 2.48. The topological polar surface area (TPSA) is 37.4 Å². The number of fused-ring (bicyclic) bond motifs is 1. The highest BCUT2D eigenvalue weighted by atomic mass is 32.2. The van der Waals surface area contributed by atoms with Crippen LogP contribution in [0.1, 0.15) is 29.3 Å². The monoisotopic (exact) mass is 323 g/mol. The molecule has 2 aromatic carbocycles. The van der Waals surface area contributed by atoms with Gasteiger partial charge in [0.05, 0.1) is 4.91 Å². The van der Waals surface area contributed by atoms with Gasteiger partial charge in [-0.1, -0.05) is 43.0 Å². The van der Waals surface area contributed by atoms with E-state index in [1.807, 2.05) is 62.4 Å². The van der Waals surface area contributed by atoms with E-state index in [9.17, 15) is 9.59 Å². The Kier molecular flexibility index (Phi) is 4.35. The summed E-state index contributed by atoms with van der Waals surface area (Å²) in [7, 11) is 0. The smallest absolute Gasteiger partial charge is 0.230 e. The third kappa shape index (κ3) is 3.08. The molecule has 1 aliphatic heterocycles. The van der Waals surface area contributed by atoms with Crippen LogP contribution in [0.4, 0.5) is 5.69 Å². The summed E-state index contributed by atoms with van der Waals surface area (Å²) >= 11 is 1.42. The minimum Gasteiger partial charge on any atom is -0.288 e. The highest BCUT2D eigenvalue weighted by molar-refractivity contribution is 8.04. The molecule has 4 heteroatoms. The summed E-state index contributed by atoms with van der Waals surface area (Å²) in [4.78, 5) is 28.0. The van der Waals surface area contributed by atoms with E-state index in [0.717, 1.165) is 16.1 Å². The molecule has 0 radical (unpaired) electrons. The van der Waals surface area contributed by atoms with E-state index >= 15 is 0 Å². The van der Waals surface area contributed by atoms with Crippen molar-refractivity contribution in [3.63, 3.8) is 0 Å². The predicted molar refractivity (Wildman–Crippen MR) is 93.7 cm³/mol. The number of hydrogen-bond donors (Lipinski definition) is 0. The maximum atomic E-state index is 12.5.